The number of rotatable bonds is 2. The van der Waals surface area contributed by atoms with Crippen molar-refractivity contribution in [3.63, 3.8) is 0 Å². The Hall–Kier alpha value is -0.130. The van der Waals surface area contributed by atoms with Crippen LogP contribution in [-0.2, 0) is 4.52 Å². The van der Waals surface area contributed by atoms with Crippen LogP contribution < -0.4 is 0 Å². The fraction of sp³-hybridized carbons (Fsp3) is 0.333. The summed E-state index contributed by atoms with van der Waals surface area (Å²) in [6.07, 6.45) is 7.33. The first-order chi connectivity index (χ1) is 3.93. The lowest BCUT2D eigenvalue weighted by Gasteiger charge is -1.95. The second kappa shape index (κ2) is 3.01. The van der Waals surface area contributed by atoms with Crippen molar-refractivity contribution in [1.82, 2.24) is 0 Å². The molecule has 0 aliphatic heterocycles. The highest BCUT2D eigenvalue weighted by molar-refractivity contribution is 7.09. The molecule has 0 aromatic rings. The molecule has 1 unspecified atom stereocenters. The summed E-state index contributed by atoms with van der Waals surface area (Å²) in [6, 6.07) is 0. The lowest BCUT2D eigenvalue weighted by Crippen LogP contribution is -1.85. The van der Waals surface area contributed by atoms with Gasteiger partial charge in [0.2, 0.25) is 0 Å². The van der Waals surface area contributed by atoms with Gasteiger partial charge in [-0.3, -0.25) is 0 Å². The molecule has 0 saturated carbocycles. The topological polar surface area (TPSA) is 9.23 Å². The van der Waals surface area contributed by atoms with Crippen molar-refractivity contribution in [2.45, 2.75) is 6.42 Å². The average Bonchev–Trinajstić information content (AvgIpc) is 2.19. The van der Waals surface area contributed by atoms with Gasteiger partial charge in [0.15, 0.2) is 0 Å². The fourth-order valence-electron chi connectivity index (χ4n) is 0.706. The third-order valence-electron chi connectivity index (χ3n) is 1.12. The third kappa shape index (κ3) is 1.43. The SMILES string of the molecule is POCC1=CC=CC1. The van der Waals surface area contributed by atoms with Gasteiger partial charge in [-0.15, -0.1) is 0 Å². The summed E-state index contributed by atoms with van der Waals surface area (Å²) in [7, 11) is 2.24. The highest BCUT2D eigenvalue weighted by Gasteiger charge is 1.95. The molecule has 0 spiro atoms. The van der Waals surface area contributed by atoms with E-state index in [2.05, 4.69) is 27.7 Å². The van der Waals surface area contributed by atoms with E-state index in [1.54, 1.807) is 0 Å². The van der Waals surface area contributed by atoms with Gasteiger partial charge in [0, 0.05) is 9.47 Å². The van der Waals surface area contributed by atoms with Gasteiger partial charge in [0.05, 0.1) is 6.61 Å². The molecule has 0 aromatic carbocycles. The second-order valence-electron chi connectivity index (χ2n) is 1.77. The Morgan fingerprint density at radius 3 is 3.12 bits per heavy atom. The molecule has 44 valence electrons. The van der Waals surface area contributed by atoms with E-state index in [4.69, 9.17) is 4.52 Å². The van der Waals surface area contributed by atoms with Crippen molar-refractivity contribution >= 4 is 9.47 Å². The van der Waals surface area contributed by atoms with Gasteiger partial charge >= 0.3 is 0 Å². The summed E-state index contributed by atoms with van der Waals surface area (Å²) in [5, 5.41) is 0. The molecule has 8 heavy (non-hydrogen) atoms. The van der Waals surface area contributed by atoms with Crippen LogP contribution in [-0.4, -0.2) is 6.61 Å². The molecule has 0 N–H and O–H groups in total. The minimum Gasteiger partial charge on any atom is -0.361 e. The maximum absolute atomic E-state index is 4.83. The molecule has 0 amide bonds. The van der Waals surface area contributed by atoms with Crippen molar-refractivity contribution in [2.75, 3.05) is 6.61 Å². The molecular weight excluding hydrogens is 119 g/mol. The molecular formula is C6H9OP. The predicted molar refractivity (Wildman–Crippen MR) is 37.5 cm³/mol. The van der Waals surface area contributed by atoms with E-state index in [9.17, 15) is 0 Å². The Balaban J connectivity index is 2.28. The van der Waals surface area contributed by atoms with E-state index in [0.717, 1.165) is 13.0 Å². The monoisotopic (exact) mass is 128 g/mol. The molecule has 0 fully saturated rings. The van der Waals surface area contributed by atoms with Gasteiger partial charge in [-0.25, -0.2) is 0 Å². The maximum atomic E-state index is 4.83. The largest absolute Gasteiger partial charge is 0.361 e. The molecule has 0 saturated heterocycles. The molecule has 0 aromatic heterocycles. The summed E-state index contributed by atoms with van der Waals surface area (Å²) in [4.78, 5) is 0. The minimum absolute atomic E-state index is 0.748. The summed E-state index contributed by atoms with van der Waals surface area (Å²) < 4.78 is 4.83. The highest BCUT2D eigenvalue weighted by Crippen LogP contribution is 2.10. The Morgan fingerprint density at radius 2 is 2.62 bits per heavy atom. The minimum atomic E-state index is 0.748. The molecule has 2 heteroatoms. The molecule has 0 heterocycles. The van der Waals surface area contributed by atoms with Crippen molar-refractivity contribution in [3.05, 3.63) is 23.8 Å². The number of allylic oxidation sites excluding steroid dienone is 3. The van der Waals surface area contributed by atoms with Gasteiger partial charge < -0.3 is 4.52 Å². The molecule has 1 rings (SSSR count). The summed E-state index contributed by atoms with van der Waals surface area (Å²) in [5.41, 5.74) is 1.35. The highest BCUT2D eigenvalue weighted by atomic mass is 31.0. The van der Waals surface area contributed by atoms with Gasteiger partial charge in [0.25, 0.3) is 0 Å². The molecule has 1 aliphatic rings. The van der Waals surface area contributed by atoms with Crippen LogP contribution in [0.5, 0.6) is 0 Å². The van der Waals surface area contributed by atoms with Crippen molar-refractivity contribution in [1.29, 1.82) is 0 Å². The van der Waals surface area contributed by atoms with Crippen LogP contribution in [0.4, 0.5) is 0 Å². The van der Waals surface area contributed by atoms with Crippen LogP contribution in [0.3, 0.4) is 0 Å². The van der Waals surface area contributed by atoms with E-state index >= 15 is 0 Å². The van der Waals surface area contributed by atoms with Crippen LogP contribution in [0.25, 0.3) is 0 Å². The van der Waals surface area contributed by atoms with Crippen molar-refractivity contribution in [2.24, 2.45) is 0 Å². The zero-order valence-electron chi connectivity index (χ0n) is 4.63. The first-order valence-electron chi connectivity index (χ1n) is 2.60. The molecule has 1 aliphatic carbocycles. The molecule has 0 radical (unpaired) electrons. The Bertz CT molecular complexity index is 126. The Morgan fingerprint density at radius 1 is 1.75 bits per heavy atom. The lowest BCUT2D eigenvalue weighted by molar-refractivity contribution is 0.411. The first-order valence-corrected chi connectivity index (χ1v) is 3.07. The fourth-order valence-corrected chi connectivity index (χ4v) is 0.920. The summed E-state index contributed by atoms with van der Waals surface area (Å²) >= 11 is 0. The number of hydrogen-bond donors (Lipinski definition) is 0. The van der Waals surface area contributed by atoms with Gasteiger partial charge in [-0.05, 0) is 12.0 Å². The first kappa shape index (κ1) is 6.00. The van der Waals surface area contributed by atoms with E-state index in [1.165, 1.54) is 5.57 Å². The van der Waals surface area contributed by atoms with E-state index in [0.29, 0.717) is 0 Å². The predicted octanol–water partition coefficient (Wildman–Crippen LogP) is 1.68. The average molecular weight is 128 g/mol. The Kier molecular flexibility index (Phi) is 2.26. The third-order valence-corrected chi connectivity index (χ3v) is 1.28. The smallest absolute Gasteiger partial charge is 0.0718 e. The molecule has 1 atom stereocenters. The number of hydrogen-bond acceptors (Lipinski definition) is 1. The van der Waals surface area contributed by atoms with Crippen LogP contribution in [0.2, 0.25) is 0 Å². The maximum Gasteiger partial charge on any atom is 0.0718 e. The zero-order valence-corrected chi connectivity index (χ0v) is 5.79. The van der Waals surface area contributed by atoms with Crippen LogP contribution >= 0.6 is 9.47 Å². The normalized spacial score (nSPS) is 16.9. The van der Waals surface area contributed by atoms with E-state index < -0.39 is 0 Å². The lowest BCUT2D eigenvalue weighted by atomic mass is 10.3. The standard InChI is InChI=1S/C6H9OP/c8-7-5-6-3-1-2-4-6/h1-3H,4-5,8H2. The van der Waals surface area contributed by atoms with E-state index in [-0.39, 0.29) is 0 Å². The zero-order chi connectivity index (χ0) is 5.82. The van der Waals surface area contributed by atoms with Gasteiger partial charge in [-0.2, -0.15) is 0 Å². The quantitative estimate of drug-likeness (QED) is 0.514. The second-order valence-corrected chi connectivity index (χ2v) is 2.10. The Labute approximate surface area is 51.7 Å². The van der Waals surface area contributed by atoms with E-state index in [1.807, 2.05) is 0 Å². The molecule has 0 bridgehead atoms. The van der Waals surface area contributed by atoms with Crippen molar-refractivity contribution in [3.8, 4) is 0 Å². The summed E-state index contributed by atoms with van der Waals surface area (Å²) in [6.45, 7) is 0.748. The van der Waals surface area contributed by atoms with Crippen LogP contribution in [0.15, 0.2) is 23.8 Å². The van der Waals surface area contributed by atoms with Crippen LogP contribution in [0.1, 0.15) is 6.42 Å². The molecule has 1 nitrogen and oxygen atoms in total. The van der Waals surface area contributed by atoms with Gasteiger partial charge in [-0.1, -0.05) is 18.2 Å². The van der Waals surface area contributed by atoms with Gasteiger partial charge in [0.1, 0.15) is 0 Å². The van der Waals surface area contributed by atoms with Crippen molar-refractivity contribution < 1.29 is 4.52 Å². The van der Waals surface area contributed by atoms with Crippen LogP contribution in [0, 0.1) is 0 Å². The summed E-state index contributed by atoms with van der Waals surface area (Å²) in [5.74, 6) is 0.